The van der Waals surface area contributed by atoms with E-state index in [1.165, 1.54) is 10.4 Å². The molecule has 1 amide bonds. The summed E-state index contributed by atoms with van der Waals surface area (Å²) in [4.78, 5) is 12.3. The van der Waals surface area contributed by atoms with Crippen molar-refractivity contribution in [3.8, 4) is 11.1 Å². The standard InChI is InChI=1S/C22H27FN2O3S/c1-14-10-16(3)21(12-19(14)17-7-8-20(23)15(2)11-17)29(27,28)25-9-5-6-18(13-25)22(26)24-4/h7-8,10-12,18H,5-6,9,13H2,1-4H3,(H,24,26). The van der Waals surface area contributed by atoms with E-state index in [-0.39, 0.29) is 29.1 Å². The van der Waals surface area contributed by atoms with Crippen molar-refractivity contribution in [2.24, 2.45) is 5.92 Å². The van der Waals surface area contributed by atoms with E-state index >= 15 is 0 Å². The molecule has 0 saturated carbocycles. The minimum atomic E-state index is -3.75. The number of carbonyl (C=O) groups excluding carboxylic acids is 1. The van der Waals surface area contributed by atoms with Gasteiger partial charge in [-0.3, -0.25) is 4.79 Å². The molecule has 1 aliphatic rings. The zero-order chi connectivity index (χ0) is 21.3. The lowest BCUT2D eigenvalue weighted by Gasteiger charge is -2.31. The minimum absolute atomic E-state index is 0.131. The Labute approximate surface area is 172 Å². The highest BCUT2D eigenvalue weighted by molar-refractivity contribution is 7.89. The van der Waals surface area contributed by atoms with Gasteiger partial charge in [0.05, 0.1) is 10.8 Å². The molecule has 29 heavy (non-hydrogen) atoms. The highest BCUT2D eigenvalue weighted by Crippen LogP contribution is 2.32. The first-order chi connectivity index (χ1) is 13.6. The molecular weight excluding hydrogens is 391 g/mol. The monoisotopic (exact) mass is 418 g/mol. The van der Waals surface area contributed by atoms with Gasteiger partial charge in [0.25, 0.3) is 0 Å². The van der Waals surface area contributed by atoms with Gasteiger partial charge in [-0.15, -0.1) is 0 Å². The molecule has 1 heterocycles. The van der Waals surface area contributed by atoms with Crippen LogP contribution in [0.3, 0.4) is 0 Å². The Hall–Kier alpha value is -2.25. The van der Waals surface area contributed by atoms with Crippen LogP contribution in [0, 0.1) is 32.5 Å². The molecule has 7 heteroatoms. The summed E-state index contributed by atoms with van der Waals surface area (Å²) in [7, 11) is -2.19. The molecule has 0 spiro atoms. The summed E-state index contributed by atoms with van der Waals surface area (Å²) in [6, 6.07) is 8.32. The van der Waals surface area contributed by atoms with Gasteiger partial charge in [0, 0.05) is 20.1 Å². The van der Waals surface area contributed by atoms with Crippen LogP contribution in [0.4, 0.5) is 4.39 Å². The van der Waals surface area contributed by atoms with Crippen molar-refractivity contribution in [2.75, 3.05) is 20.1 Å². The molecule has 2 aromatic carbocycles. The van der Waals surface area contributed by atoms with Crippen LogP contribution in [-0.4, -0.2) is 38.8 Å². The molecule has 0 aromatic heterocycles. The first-order valence-corrected chi connectivity index (χ1v) is 11.2. The second-order valence-electron chi connectivity index (χ2n) is 7.71. The Morgan fingerprint density at radius 3 is 2.48 bits per heavy atom. The Kier molecular flexibility index (Phi) is 6.10. The second kappa shape index (κ2) is 8.24. The van der Waals surface area contributed by atoms with E-state index in [1.54, 1.807) is 39.1 Å². The molecule has 1 unspecified atom stereocenters. The van der Waals surface area contributed by atoms with Crippen LogP contribution < -0.4 is 5.32 Å². The van der Waals surface area contributed by atoms with E-state index in [9.17, 15) is 17.6 Å². The molecule has 1 saturated heterocycles. The van der Waals surface area contributed by atoms with E-state index in [1.807, 2.05) is 13.0 Å². The third-order valence-electron chi connectivity index (χ3n) is 5.61. The van der Waals surface area contributed by atoms with Gasteiger partial charge < -0.3 is 5.32 Å². The molecule has 3 rings (SSSR count). The molecule has 2 aromatic rings. The Bertz CT molecular complexity index is 1050. The maximum absolute atomic E-state index is 13.7. The largest absolute Gasteiger partial charge is 0.359 e. The fourth-order valence-corrected chi connectivity index (χ4v) is 5.71. The van der Waals surface area contributed by atoms with Gasteiger partial charge in [-0.05, 0) is 79.6 Å². The summed E-state index contributed by atoms with van der Waals surface area (Å²) in [6.07, 6.45) is 1.32. The first-order valence-electron chi connectivity index (χ1n) is 9.74. The van der Waals surface area contributed by atoms with E-state index in [0.29, 0.717) is 30.5 Å². The van der Waals surface area contributed by atoms with Gasteiger partial charge in [0.2, 0.25) is 15.9 Å². The number of piperidine rings is 1. The van der Waals surface area contributed by atoms with Gasteiger partial charge in [-0.25, -0.2) is 12.8 Å². The Balaban J connectivity index is 2.03. The van der Waals surface area contributed by atoms with Gasteiger partial charge in [0.1, 0.15) is 5.82 Å². The quantitative estimate of drug-likeness (QED) is 0.826. The second-order valence-corrected chi connectivity index (χ2v) is 9.62. The number of amides is 1. The molecular formula is C22H27FN2O3S. The highest BCUT2D eigenvalue weighted by atomic mass is 32.2. The molecule has 1 N–H and O–H groups in total. The average molecular weight is 419 g/mol. The van der Waals surface area contributed by atoms with Crippen LogP contribution in [0.5, 0.6) is 0 Å². The predicted octanol–water partition coefficient (Wildman–Crippen LogP) is 3.56. The van der Waals surface area contributed by atoms with Crippen molar-refractivity contribution in [3.05, 3.63) is 52.8 Å². The number of carbonyl (C=O) groups is 1. The zero-order valence-electron chi connectivity index (χ0n) is 17.3. The van der Waals surface area contributed by atoms with Gasteiger partial charge in [0.15, 0.2) is 0 Å². The third kappa shape index (κ3) is 4.21. The topological polar surface area (TPSA) is 66.5 Å². The maximum atomic E-state index is 13.7. The third-order valence-corrected chi connectivity index (χ3v) is 7.62. The van der Waals surface area contributed by atoms with Crippen LogP contribution in [0.25, 0.3) is 11.1 Å². The van der Waals surface area contributed by atoms with Crippen LogP contribution in [0.15, 0.2) is 35.2 Å². The minimum Gasteiger partial charge on any atom is -0.359 e. The number of benzene rings is 2. The number of hydrogen-bond donors (Lipinski definition) is 1. The number of halogens is 1. The molecule has 0 radical (unpaired) electrons. The molecule has 1 aliphatic heterocycles. The van der Waals surface area contributed by atoms with Crippen LogP contribution in [0.2, 0.25) is 0 Å². The SMILES string of the molecule is CNC(=O)C1CCCN(S(=O)(=O)c2cc(-c3ccc(F)c(C)c3)c(C)cc2C)C1. The average Bonchev–Trinajstić information content (AvgIpc) is 2.69. The molecule has 0 aliphatic carbocycles. The van der Waals surface area contributed by atoms with Crippen molar-refractivity contribution in [2.45, 2.75) is 38.5 Å². The Morgan fingerprint density at radius 1 is 1.10 bits per heavy atom. The summed E-state index contributed by atoms with van der Waals surface area (Å²) in [5, 5.41) is 2.61. The van der Waals surface area contributed by atoms with Crippen molar-refractivity contribution in [1.29, 1.82) is 0 Å². The van der Waals surface area contributed by atoms with Crippen molar-refractivity contribution >= 4 is 15.9 Å². The lowest BCUT2D eigenvalue weighted by atomic mass is 9.97. The summed E-state index contributed by atoms with van der Waals surface area (Å²) in [5.41, 5.74) is 3.63. The molecule has 0 bridgehead atoms. The van der Waals surface area contributed by atoms with E-state index in [2.05, 4.69) is 5.32 Å². The van der Waals surface area contributed by atoms with Crippen molar-refractivity contribution in [3.63, 3.8) is 0 Å². The van der Waals surface area contributed by atoms with Crippen LogP contribution in [0.1, 0.15) is 29.5 Å². The van der Waals surface area contributed by atoms with Gasteiger partial charge in [-0.2, -0.15) is 4.31 Å². The zero-order valence-corrected chi connectivity index (χ0v) is 18.1. The predicted molar refractivity (Wildman–Crippen MR) is 112 cm³/mol. The maximum Gasteiger partial charge on any atom is 0.243 e. The highest BCUT2D eigenvalue weighted by Gasteiger charge is 2.34. The number of sulfonamides is 1. The lowest BCUT2D eigenvalue weighted by Crippen LogP contribution is -2.44. The number of aryl methyl sites for hydroxylation is 3. The fourth-order valence-electron chi connectivity index (χ4n) is 3.95. The first kappa shape index (κ1) is 21.5. The van der Waals surface area contributed by atoms with Crippen molar-refractivity contribution < 1.29 is 17.6 Å². The molecule has 1 fully saturated rings. The normalized spacial score (nSPS) is 17.9. The fraction of sp³-hybridized carbons (Fsp3) is 0.409. The number of rotatable bonds is 4. The van der Waals surface area contributed by atoms with Crippen LogP contribution in [-0.2, 0) is 14.8 Å². The van der Waals surface area contributed by atoms with E-state index < -0.39 is 10.0 Å². The number of hydrogen-bond acceptors (Lipinski definition) is 3. The summed E-state index contributed by atoms with van der Waals surface area (Å²) in [5.74, 6) is -0.763. The van der Waals surface area contributed by atoms with E-state index in [0.717, 1.165) is 16.7 Å². The molecule has 1 atom stereocenters. The van der Waals surface area contributed by atoms with Gasteiger partial charge >= 0.3 is 0 Å². The van der Waals surface area contributed by atoms with Gasteiger partial charge in [-0.1, -0.05) is 12.1 Å². The Morgan fingerprint density at radius 2 is 1.83 bits per heavy atom. The molecule has 5 nitrogen and oxygen atoms in total. The summed E-state index contributed by atoms with van der Waals surface area (Å²) >= 11 is 0. The number of nitrogens with one attached hydrogen (secondary N) is 1. The van der Waals surface area contributed by atoms with Crippen molar-refractivity contribution in [1.82, 2.24) is 9.62 Å². The summed E-state index contributed by atoms with van der Waals surface area (Å²) in [6.45, 7) is 5.96. The molecule has 156 valence electrons. The van der Waals surface area contributed by atoms with Crippen LogP contribution >= 0.6 is 0 Å². The lowest BCUT2D eigenvalue weighted by molar-refractivity contribution is -0.125. The van der Waals surface area contributed by atoms with E-state index in [4.69, 9.17) is 0 Å². The number of nitrogens with zero attached hydrogens (tertiary/aromatic N) is 1. The summed E-state index contributed by atoms with van der Waals surface area (Å²) < 4.78 is 41.9. The smallest absolute Gasteiger partial charge is 0.243 e.